The number of carbonyl (C=O) groups is 3. The fourth-order valence-corrected chi connectivity index (χ4v) is 5.60. The van der Waals surface area contributed by atoms with E-state index in [4.69, 9.17) is 4.74 Å². The average Bonchev–Trinajstić information content (AvgIpc) is 3.43. The van der Waals surface area contributed by atoms with Gasteiger partial charge in [0.25, 0.3) is 11.8 Å². The predicted octanol–water partition coefficient (Wildman–Crippen LogP) is 4.17. The number of aryl methyl sites for hydroxylation is 1. The summed E-state index contributed by atoms with van der Waals surface area (Å²) in [6, 6.07) is 24.3. The number of methoxy groups -OCH3 is 1. The highest BCUT2D eigenvalue weighted by Crippen LogP contribution is 2.36. The van der Waals surface area contributed by atoms with Gasteiger partial charge in [-0.25, -0.2) is 14.9 Å². The van der Waals surface area contributed by atoms with E-state index in [9.17, 15) is 24.7 Å². The zero-order valence-corrected chi connectivity index (χ0v) is 25.7. The first kappa shape index (κ1) is 32.7. The van der Waals surface area contributed by atoms with Gasteiger partial charge in [0.2, 0.25) is 0 Å². The Kier molecular flexibility index (Phi) is 10.4. The van der Waals surface area contributed by atoms with Crippen molar-refractivity contribution < 1.29 is 29.4 Å². The van der Waals surface area contributed by atoms with Crippen LogP contribution in [0.5, 0.6) is 0 Å². The molecule has 0 bridgehead atoms. The lowest BCUT2D eigenvalue weighted by molar-refractivity contribution is -0.199. The van der Waals surface area contributed by atoms with Crippen LogP contribution in [0.25, 0.3) is 0 Å². The third-order valence-corrected chi connectivity index (χ3v) is 7.85. The van der Waals surface area contributed by atoms with Crippen LogP contribution in [0, 0.1) is 5.41 Å². The quantitative estimate of drug-likeness (QED) is 0.191. The van der Waals surface area contributed by atoms with Gasteiger partial charge in [0.1, 0.15) is 6.04 Å². The van der Waals surface area contributed by atoms with Gasteiger partial charge in [-0.1, -0.05) is 106 Å². The van der Waals surface area contributed by atoms with Crippen LogP contribution in [0.4, 0.5) is 4.79 Å². The first-order chi connectivity index (χ1) is 20.9. The number of hydrogen-bond donors (Lipinski definition) is 4. The van der Waals surface area contributed by atoms with Crippen LogP contribution in [0.3, 0.4) is 0 Å². The standard InChI is InChI=1S/C34H42N4O6/c1-33(2,3)29(35-32(41)44-4)30(39)36-37(22-25-15-9-6-10-16-25)23-34(42,21-24-13-7-5-8-14-24)31(40)38(43)28-20-19-26-17-11-12-18-27(26)28/h5-18,28-29,42-43H,19-23H2,1-4H3,(H,35,41)(H,36,39)/t28?,29-,34-/m1/s1. The molecule has 0 saturated carbocycles. The molecule has 3 atom stereocenters. The van der Waals surface area contributed by atoms with Crippen molar-refractivity contribution in [3.8, 4) is 0 Å². The Morgan fingerprint density at radius 2 is 1.52 bits per heavy atom. The topological polar surface area (TPSA) is 131 Å². The average molecular weight is 603 g/mol. The smallest absolute Gasteiger partial charge is 0.407 e. The van der Waals surface area contributed by atoms with E-state index in [1.165, 1.54) is 12.1 Å². The van der Waals surface area contributed by atoms with Gasteiger partial charge in [-0.15, -0.1) is 0 Å². The van der Waals surface area contributed by atoms with E-state index < -0.39 is 41.0 Å². The number of nitrogens with zero attached hydrogens (tertiary/aromatic N) is 2. The van der Waals surface area contributed by atoms with Gasteiger partial charge in [-0.05, 0) is 40.5 Å². The molecule has 44 heavy (non-hydrogen) atoms. The van der Waals surface area contributed by atoms with Gasteiger partial charge in [0.05, 0.1) is 19.7 Å². The number of hydroxylamine groups is 2. The molecule has 3 amide bonds. The summed E-state index contributed by atoms with van der Waals surface area (Å²) in [4.78, 5) is 39.9. The molecule has 0 aliphatic heterocycles. The molecular formula is C34H42N4O6. The Balaban J connectivity index is 1.68. The van der Waals surface area contributed by atoms with Crippen molar-refractivity contribution in [1.82, 2.24) is 20.8 Å². The minimum atomic E-state index is -2.15. The molecule has 10 heteroatoms. The number of amides is 3. The molecule has 0 saturated heterocycles. The van der Waals surface area contributed by atoms with Gasteiger partial charge in [0.15, 0.2) is 5.60 Å². The number of hydrazine groups is 1. The molecule has 0 heterocycles. The van der Waals surface area contributed by atoms with Gasteiger partial charge in [0, 0.05) is 13.0 Å². The van der Waals surface area contributed by atoms with Crippen LogP contribution in [0.15, 0.2) is 84.9 Å². The lowest BCUT2D eigenvalue weighted by Gasteiger charge is -2.38. The summed E-state index contributed by atoms with van der Waals surface area (Å²) in [5, 5.41) is 28.2. The number of fused-ring (bicyclic) bond motifs is 1. The van der Waals surface area contributed by atoms with Crippen LogP contribution in [-0.2, 0) is 33.7 Å². The molecule has 10 nitrogen and oxygen atoms in total. The Morgan fingerprint density at radius 3 is 2.14 bits per heavy atom. The number of alkyl carbamates (subject to hydrolysis) is 1. The number of aliphatic hydroxyl groups is 1. The molecule has 1 aliphatic carbocycles. The maximum absolute atomic E-state index is 14.1. The van der Waals surface area contributed by atoms with Crippen molar-refractivity contribution in [2.75, 3.05) is 13.7 Å². The van der Waals surface area contributed by atoms with Crippen molar-refractivity contribution >= 4 is 17.9 Å². The van der Waals surface area contributed by atoms with Crippen LogP contribution in [0.2, 0.25) is 0 Å². The van der Waals surface area contributed by atoms with Crippen molar-refractivity contribution in [3.63, 3.8) is 0 Å². The molecular weight excluding hydrogens is 560 g/mol. The summed E-state index contributed by atoms with van der Waals surface area (Å²) in [7, 11) is 1.22. The molecule has 3 aromatic carbocycles. The second-order valence-electron chi connectivity index (χ2n) is 12.3. The highest BCUT2D eigenvalue weighted by molar-refractivity contribution is 5.87. The Labute approximate surface area is 258 Å². The predicted molar refractivity (Wildman–Crippen MR) is 165 cm³/mol. The molecule has 234 valence electrons. The van der Waals surface area contributed by atoms with Crippen LogP contribution in [0.1, 0.15) is 55.5 Å². The lowest BCUT2D eigenvalue weighted by Crippen LogP contribution is -2.62. The minimum Gasteiger partial charge on any atom is -0.453 e. The maximum Gasteiger partial charge on any atom is 0.407 e. The third kappa shape index (κ3) is 8.02. The van der Waals surface area contributed by atoms with Gasteiger partial charge in [-0.3, -0.25) is 20.2 Å². The van der Waals surface area contributed by atoms with E-state index in [0.717, 1.165) is 16.7 Å². The summed E-state index contributed by atoms with van der Waals surface area (Å²) in [5.74, 6) is -1.44. The van der Waals surface area contributed by atoms with Crippen molar-refractivity contribution in [3.05, 3.63) is 107 Å². The van der Waals surface area contributed by atoms with E-state index in [-0.39, 0.29) is 19.5 Å². The van der Waals surface area contributed by atoms with Crippen molar-refractivity contribution in [1.29, 1.82) is 0 Å². The SMILES string of the molecule is COC(=O)N[C@H](C(=O)NN(Cc1ccccc1)C[C@](O)(Cc1ccccc1)C(=O)N(O)C1CCc2ccccc21)C(C)(C)C. The molecule has 0 radical (unpaired) electrons. The zero-order chi connectivity index (χ0) is 31.9. The summed E-state index contributed by atoms with van der Waals surface area (Å²) < 4.78 is 4.74. The van der Waals surface area contributed by atoms with Crippen molar-refractivity contribution in [2.45, 2.75) is 64.3 Å². The van der Waals surface area contributed by atoms with Gasteiger partial charge in [-0.2, -0.15) is 0 Å². The van der Waals surface area contributed by atoms with Crippen LogP contribution in [-0.4, -0.2) is 63.6 Å². The lowest BCUT2D eigenvalue weighted by atomic mass is 9.86. The highest BCUT2D eigenvalue weighted by Gasteiger charge is 2.45. The number of rotatable bonds is 11. The summed E-state index contributed by atoms with van der Waals surface area (Å²) in [6.07, 6.45) is 0.320. The first-order valence-electron chi connectivity index (χ1n) is 14.7. The Bertz CT molecular complexity index is 1430. The maximum atomic E-state index is 14.1. The molecule has 1 unspecified atom stereocenters. The largest absolute Gasteiger partial charge is 0.453 e. The second-order valence-corrected chi connectivity index (χ2v) is 12.3. The number of hydrogen-bond acceptors (Lipinski definition) is 7. The number of nitrogens with one attached hydrogen (secondary N) is 2. The van der Waals surface area contributed by atoms with Gasteiger partial charge < -0.3 is 15.2 Å². The van der Waals surface area contributed by atoms with Crippen LogP contribution < -0.4 is 10.7 Å². The third-order valence-electron chi connectivity index (χ3n) is 7.85. The molecule has 0 fully saturated rings. The zero-order valence-electron chi connectivity index (χ0n) is 25.7. The van der Waals surface area contributed by atoms with Crippen molar-refractivity contribution in [2.24, 2.45) is 5.41 Å². The van der Waals surface area contributed by atoms with E-state index in [1.54, 1.807) is 45.0 Å². The normalized spacial score (nSPS) is 16.4. The molecule has 1 aliphatic rings. The molecule has 4 N–H and O–H groups in total. The Morgan fingerprint density at radius 1 is 0.932 bits per heavy atom. The molecule has 0 aromatic heterocycles. The summed E-state index contributed by atoms with van der Waals surface area (Å²) >= 11 is 0. The second kappa shape index (κ2) is 14.0. The number of benzene rings is 3. The molecule has 4 rings (SSSR count). The summed E-state index contributed by atoms with van der Waals surface area (Å²) in [5.41, 5.74) is 3.34. The minimum absolute atomic E-state index is 0.123. The van der Waals surface area contributed by atoms with E-state index in [1.807, 2.05) is 60.7 Å². The Hall–Kier alpha value is -4.25. The number of carbonyl (C=O) groups excluding carboxylic acids is 3. The van der Waals surface area contributed by atoms with E-state index in [2.05, 4.69) is 10.7 Å². The first-order valence-corrected chi connectivity index (χ1v) is 14.7. The van der Waals surface area contributed by atoms with E-state index in [0.29, 0.717) is 23.5 Å². The van der Waals surface area contributed by atoms with E-state index >= 15 is 0 Å². The fourth-order valence-electron chi connectivity index (χ4n) is 5.60. The fraction of sp³-hybridized carbons (Fsp3) is 0.382. The monoisotopic (exact) mass is 602 g/mol. The highest BCUT2D eigenvalue weighted by atomic mass is 16.5. The van der Waals surface area contributed by atoms with Gasteiger partial charge >= 0.3 is 6.09 Å². The molecule has 0 spiro atoms. The number of ether oxygens (including phenoxy) is 1. The molecule has 3 aromatic rings. The summed E-state index contributed by atoms with van der Waals surface area (Å²) in [6.45, 7) is 5.17. The van der Waals surface area contributed by atoms with Crippen LogP contribution >= 0.6 is 0 Å².